The monoisotopic (exact) mass is 369 g/mol. The van der Waals surface area contributed by atoms with Crippen LogP contribution in [0.2, 0.25) is 5.02 Å². The Balaban J connectivity index is 1.60. The van der Waals surface area contributed by atoms with Crippen LogP contribution in [0.3, 0.4) is 0 Å². The molecule has 0 bridgehead atoms. The standard InChI is InChI=1S/C19H16ClN3O3/c1-13(24)18-8-7-16(26-18)12-23-11-15(10-21-23)22-19(25)9-6-14-4-2-3-5-17(14)20/h2-11H,12H2,1H3,(H,22,25). The zero-order valence-electron chi connectivity index (χ0n) is 14.0. The number of Topliss-reactive ketones (excluding diaryl/α,β-unsaturated/α-hetero) is 1. The molecule has 2 heterocycles. The Morgan fingerprint density at radius 1 is 1.27 bits per heavy atom. The summed E-state index contributed by atoms with van der Waals surface area (Å²) in [7, 11) is 0. The van der Waals surface area contributed by atoms with Gasteiger partial charge in [0.15, 0.2) is 11.5 Å². The number of rotatable bonds is 6. The van der Waals surface area contributed by atoms with Crippen molar-refractivity contribution < 1.29 is 14.0 Å². The summed E-state index contributed by atoms with van der Waals surface area (Å²) in [5.41, 5.74) is 1.32. The quantitative estimate of drug-likeness (QED) is 0.525. The van der Waals surface area contributed by atoms with Gasteiger partial charge in [0.2, 0.25) is 5.91 Å². The van der Waals surface area contributed by atoms with E-state index in [0.717, 1.165) is 5.56 Å². The number of amides is 1. The van der Waals surface area contributed by atoms with Gasteiger partial charge in [-0.3, -0.25) is 14.3 Å². The average Bonchev–Trinajstić information content (AvgIpc) is 3.24. The minimum Gasteiger partial charge on any atom is -0.456 e. The molecule has 3 rings (SSSR count). The van der Waals surface area contributed by atoms with E-state index >= 15 is 0 Å². The fourth-order valence-corrected chi connectivity index (χ4v) is 2.48. The Kier molecular flexibility index (Phi) is 5.34. The molecule has 1 N–H and O–H groups in total. The van der Waals surface area contributed by atoms with Crippen LogP contribution in [0.15, 0.2) is 59.3 Å². The van der Waals surface area contributed by atoms with E-state index in [1.54, 1.807) is 35.2 Å². The Labute approximate surface area is 155 Å². The highest BCUT2D eigenvalue weighted by molar-refractivity contribution is 6.32. The fraction of sp³-hybridized carbons (Fsp3) is 0.105. The summed E-state index contributed by atoms with van der Waals surface area (Å²) >= 11 is 6.04. The van der Waals surface area contributed by atoms with Gasteiger partial charge in [0, 0.05) is 24.2 Å². The topological polar surface area (TPSA) is 77.1 Å². The maximum absolute atomic E-state index is 12.0. The lowest BCUT2D eigenvalue weighted by Gasteiger charge is -1.99. The van der Waals surface area contributed by atoms with Crippen LogP contribution in [0.4, 0.5) is 5.69 Å². The molecule has 1 aromatic carbocycles. The Hall–Kier alpha value is -3.12. The second-order valence-corrected chi connectivity index (χ2v) is 6.00. The molecule has 3 aromatic rings. The van der Waals surface area contributed by atoms with Crippen LogP contribution in [-0.4, -0.2) is 21.5 Å². The molecule has 0 aliphatic heterocycles. The second kappa shape index (κ2) is 7.84. The number of ketones is 1. The van der Waals surface area contributed by atoms with Crippen molar-refractivity contribution in [1.29, 1.82) is 0 Å². The molecule has 0 fully saturated rings. The highest BCUT2D eigenvalue weighted by Crippen LogP contribution is 2.16. The SMILES string of the molecule is CC(=O)c1ccc(Cn2cc(NC(=O)C=Cc3ccccc3Cl)cn2)o1. The molecule has 0 radical (unpaired) electrons. The van der Waals surface area contributed by atoms with E-state index in [-0.39, 0.29) is 11.7 Å². The minimum absolute atomic E-state index is 0.130. The van der Waals surface area contributed by atoms with E-state index < -0.39 is 0 Å². The van der Waals surface area contributed by atoms with Gasteiger partial charge in [-0.25, -0.2) is 0 Å². The van der Waals surface area contributed by atoms with Crippen molar-refractivity contribution in [1.82, 2.24) is 9.78 Å². The molecule has 0 saturated heterocycles. The highest BCUT2D eigenvalue weighted by atomic mass is 35.5. The number of nitrogens with zero attached hydrogens (tertiary/aromatic N) is 2. The predicted molar refractivity (Wildman–Crippen MR) is 99.2 cm³/mol. The van der Waals surface area contributed by atoms with Crippen LogP contribution in [0, 0.1) is 0 Å². The van der Waals surface area contributed by atoms with E-state index in [4.69, 9.17) is 16.0 Å². The summed E-state index contributed by atoms with van der Waals surface area (Å²) in [6.45, 7) is 1.80. The van der Waals surface area contributed by atoms with Crippen molar-refractivity contribution in [2.45, 2.75) is 13.5 Å². The molecule has 0 aliphatic rings. The van der Waals surface area contributed by atoms with Crippen molar-refractivity contribution in [2.24, 2.45) is 0 Å². The lowest BCUT2D eigenvalue weighted by atomic mass is 10.2. The van der Waals surface area contributed by atoms with E-state index in [2.05, 4.69) is 10.4 Å². The molecular formula is C19H16ClN3O3. The molecule has 6 nitrogen and oxygen atoms in total. The number of nitrogens with one attached hydrogen (secondary N) is 1. The Morgan fingerprint density at radius 3 is 2.81 bits per heavy atom. The van der Waals surface area contributed by atoms with Gasteiger partial charge in [-0.15, -0.1) is 0 Å². The molecule has 0 unspecified atom stereocenters. The van der Waals surface area contributed by atoms with Gasteiger partial charge in [-0.1, -0.05) is 29.8 Å². The maximum atomic E-state index is 12.0. The summed E-state index contributed by atoms with van der Waals surface area (Å²) in [5, 5.41) is 7.46. The van der Waals surface area contributed by atoms with E-state index in [1.807, 2.05) is 18.2 Å². The maximum Gasteiger partial charge on any atom is 0.248 e. The molecular weight excluding hydrogens is 354 g/mol. The first kappa shape index (κ1) is 17.7. The summed E-state index contributed by atoms with van der Waals surface area (Å²) in [6, 6.07) is 10.6. The molecule has 1 amide bonds. The highest BCUT2D eigenvalue weighted by Gasteiger charge is 2.08. The van der Waals surface area contributed by atoms with Gasteiger partial charge in [0.1, 0.15) is 5.76 Å². The molecule has 0 atom stereocenters. The van der Waals surface area contributed by atoms with E-state index in [1.165, 1.54) is 19.2 Å². The van der Waals surface area contributed by atoms with Crippen LogP contribution >= 0.6 is 11.6 Å². The van der Waals surface area contributed by atoms with Gasteiger partial charge in [0.25, 0.3) is 0 Å². The third-order valence-electron chi connectivity index (χ3n) is 3.55. The zero-order valence-corrected chi connectivity index (χ0v) is 14.7. The van der Waals surface area contributed by atoms with E-state index in [9.17, 15) is 9.59 Å². The van der Waals surface area contributed by atoms with Crippen molar-refractivity contribution in [3.05, 3.63) is 77.0 Å². The molecule has 0 spiro atoms. The van der Waals surface area contributed by atoms with Gasteiger partial charge < -0.3 is 9.73 Å². The average molecular weight is 370 g/mol. The number of furan rings is 1. The van der Waals surface area contributed by atoms with Crippen LogP contribution in [0.1, 0.15) is 28.8 Å². The molecule has 0 saturated carbocycles. The summed E-state index contributed by atoms with van der Waals surface area (Å²) in [6.07, 6.45) is 6.27. The number of benzene rings is 1. The number of carbonyl (C=O) groups excluding carboxylic acids is 2. The summed E-state index contributed by atoms with van der Waals surface area (Å²) < 4.78 is 7.02. The first-order chi connectivity index (χ1) is 12.5. The summed E-state index contributed by atoms with van der Waals surface area (Å²) in [5.74, 6) is 0.497. The third kappa shape index (κ3) is 4.49. The number of aromatic nitrogens is 2. The largest absolute Gasteiger partial charge is 0.456 e. The number of anilines is 1. The molecule has 7 heteroatoms. The number of halogens is 1. The molecule has 26 heavy (non-hydrogen) atoms. The number of hydrogen-bond donors (Lipinski definition) is 1. The zero-order chi connectivity index (χ0) is 18.5. The van der Waals surface area contributed by atoms with Gasteiger partial charge in [-0.05, 0) is 29.8 Å². The normalized spacial score (nSPS) is 11.0. The van der Waals surface area contributed by atoms with Gasteiger partial charge in [-0.2, -0.15) is 5.10 Å². The smallest absolute Gasteiger partial charge is 0.248 e. The number of carbonyl (C=O) groups is 2. The first-order valence-electron chi connectivity index (χ1n) is 7.87. The van der Waals surface area contributed by atoms with Crippen LogP contribution in [0.5, 0.6) is 0 Å². The Morgan fingerprint density at radius 2 is 2.08 bits per heavy atom. The predicted octanol–water partition coefficient (Wildman–Crippen LogP) is 4.03. The lowest BCUT2D eigenvalue weighted by molar-refractivity contribution is -0.111. The number of hydrogen-bond acceptors (Lipinski definition) is 4. The van der Waals surface area contributed by atoms with Crippen molar-refractivity contribution in [3.8, 4) is 0 Å². The molecule has 0 aliphatic carbocycles. The van der Waals surface area contributed by atoms with Crippen molar-refractivity contribution >= 4 is 35.1 Å². The van der Waals surface area contributed by atoms with Crippen LogP contribution in [0.25, 0.3) is 6.08 Å². The first-order valence-corrected chi connectivity index (χ1v) is 8.25. The molecule has 132 valence electrons. The van der Waals surface area contributed by atoms with Crippen molar-refractivity contribution in [2.75, 3.05) is 5.32 Å². The van der Waals surface area contributed by atoms with E-state index in [0.29, 0.717) is 28.8 Å². The lowest BCUT2D eigenvalue weighted by Crippen LogP contribution is -2.07. The second-order valence-electron chi connectivity index (χ2n) is 5.59. The molecule has 2 aromatic heterocycles. The Bertz CT molecular complexity index is 972. The van der Waals surface area contributed by atoms with Crippen molar-refractivity contribution in [3.63, 3.8) is 0 Å². The summed E-state index contributed by atoms with van der Waals surface area (Å²) in [4.78, 5) is 23.3. The van der Waals surface area contributed by atoms with Gasteiger partial charge in [0.05, 0.1) is 18.4 Å². The van der Waals surface area contributed by atoms with Crippen LogP contribution < -0.4 is 5.32 Å². The fourth-order valence-electron chi connectivity index (χ4n) is 2.29. The minimum atomic E-state index is -0.290. The van der Waals surface area contributed by atoms with Crippen LogP contribution in [-0.2, 0) is 11.3 Å². The van der Waals surface area contributed by atoms with Gasteiger partial charge >= 0.3 is 0 Å². The third-order valence-corrected chi connectivity index (χ3v) is 3.89.